The lowest BCUT2D eigenvalue weighted by Gasteiger charge is -2.22. The summed E-state index contributed by atoms with van der Waals surface area (Å²) in [7, 11) is 0. The maximum Gasteiger partial charge on any atom is 0.277 e. The lowest BCUT2D eigenvalue weighted by Crippen LogP contribution is -2.36. The second kappa shape index (κ2) is 8.27. The van der Waals surface area contributed by atoms with E-state index in [1.807, 2.05) is 61.5 Å². The summed E-state index contributed by atoms with van der Waals surface area (Å²) >= 11 is 0. The predicted octanol–water partition coefficient (Wildman–Crippen LogP) is 3.65. The third-order valence-electron chi connectivity index (χ3n) is 5.21. The van der Waals surface area contributed by atoms with Crippen molar-refractivity contribution in [2.75, 3.05) is 11.4 Å². The quantitative estimate of drug-likeness (QED) is 0.729. The van der Waals surface area contributed by atoms with Crippen molar-refractivity contribution < 1.29 is 9.59 Å². The zero-order chi connectivity index (χ0) is 20.2. The molecule has 0 saturated heterocycles. The molecule has 5 heteroatoms. The van der Waals surface area contributed by atoms with Crippen LogP contribution in [0, 0.1) is 0 Å². The minimum atomic E-state index is -0.202. The van der Waals surface area contributed by atoms with Crippen LogP contribution in [0.5, 0.6) is 0 Å². The number of anilines is 1. The number of nitrogens with one attached hydrogen (secondary N) is 1. The Kier molecular flexibility index (Phi) is 5.38. The molecular formula is C24H23N3O2. The van der Waals surface area contributed by atoms with Crippen LogP contribution in [0.4, 0.5) is 5.69 Å². The zero-order valence-corrected chi connectivity index (χ0v) is 16.3. The molecule has 3 aromatic rings. The molecule has 0 aliphatic carbocycles. The van der Waals surface area contributed by atoms with Crippen LogP contribution >= 0.6 is 0 Å². The van der Waals surface area contributed by atoms with E-state index in [0.717, 1.165) is 24.1 Å². The maximum absolute atomic E-state index is 13.1. The molecule has 5 nitrogen and oxygen atoms in total. The van der Waals surface area contributed by atoms with E-state index >= 15 is 0 Å². The normalized spacial score (nSPS) is 15.1. The molecule has 29 heavy (non-hydrogen) atoms. The SMILES string of the molecule is CC1Cc2ccccc2N1C(=O)c1cc(C(=O)NCCc2ccccc2)ccn1. The van der Waals surface area contributed by atoms with E-state index in [1.165, 1.54) is 11.8 Å². The molecule has 0 saturated carbocycles. The Balaban J connectivity index is 1.46. The highest BCUT2D eigenvalue weighted by molar-refractivity contribution is 6.07. The van der Waals surface area contributed by atoms with Gasteiger partial charge in [-0.3, -0.25) is 14.6 Å². The average molecular weight is 385 g/mol. The lowest BCUT2D eigenvalue weighted by atomic mass is 10.1. The molecule has 1 aliphatic heterocycles. The summed E-state index contributed by atoms with van der Waals surface area (Å²) in [5.74, 6) is -0.381. The highest BCUT2D eigenvalue weighted by Crippen LogP contribution is 2.32. The monoisotopic (exact) mass is 385 g/mol. The number of benzene rings is 2. The molecule has 4 rings (SSSR count). The number of rotatable bonds is 5. The van der Waals surface area contributed by atoms with Crippen molar-refractivity contribution in [3.8, 4) is 0 Å². The van der Waals surface area contributed by atoms with Crippen LogP contribution in [0.1, 0.15) is 38.9 Å². The molecule has 0 fully saturated rings. The number of aromatic nitrogens is 1. The topological polar surface area (TPSA) is 62.3 Å². The highest BCUT2D eigenvalue weighted by Gasteiger charge is 2.32. The summed E-state index contributed by atoms with van der Waals surface area (Å²) in [6.45, 7) is 2.56. The van der Waals surface area contributed by atoms with Crippen LogP contribution in [-0.4, -0.2) is 29.4 Å². The summed E-state index contributed by atoms with van der Waals surface area (Å²) in [4.78, 5) is 31.7. The third-order valence-corrected chi connectivity index (χ3v) is 5.21. The Morgan fingerprint density at radius 2 is 1.83 bits per heavy atom. The molecule has 1 atom stereocenters. The van der Waals surface area contributed by atoms with E-state index in [9.17, 15) is 9.59 Å². The molecule has 2 amide bonds. The highest BCUT2D eigenvalue weighted by atomic mass is 16.2. The largest absolute Gasteiger partial charge is 0.352 e. The predicted molar refractivity (Wildman–Crippen MR) is 113 cm³/mol. The van der Waals surface area contributed by atoms with Crippen LogP contribution < -0.4 is 10.2 Å². The molecule has 1 N–H and O–H groups in total. The first kappa shape index (κ1) is 18.9. The van der Waals surface area contributed by atoms with Crippen molar-refractivity contribution in [2.45, 2.75) is 25.8 Å². The maximum atomic E-state index is 13.1. The van der Waals surface area contributed by atoms with Gasteiger partial charge in [-0.15, -0.1) is 0 Å². The molecular weight excluding hydrogens is 362 g/mol. The lowest BCUT2D eigenvalue weighted by molar-refractivity contribution is 0.0954. The smallest absolute Gasteiger partial charge is 0.277 e. The number of nitrogens with zero attached hydrogens (tertiary/aromatic N) is 2. The Bertz CT molecular complexity index is 1030. The fourth-order valence-electron chi connectivity index (χ4n) is 3.75. The van der Waals surface area contributed by atoms with Crippen molar-refractivity contribution >= 4 is 17.5 Å². The number of fused-ring (bicyclic) bond motifs is 1. The fraction of sp³-hybridized carbons (Fsp3) is 0.208. The molecule has 0 bridgehead atoms. The van der Waals surface area contributed by atoms with E-state index in [0.29, 0.717) is 12.1 Å². The van der Waals surface area contributed by atoms with Gasteiger partial charge < -0.3 is 10.2 Å². The van der Waals surface area contributed by atoms with Gasteiger partial charge in [0.05, 0.1) is 0 Å². The van der Waals surface area contributed by atoms with Crippen molar-refractivity contribution in [2.24, 2.45) is 0 Å². The van der Waals surface area contributed by atoms with Gasteiger partial charge in [-0.25, -0.2) is 0 Å². The number of hydrogen-bond acceptors (Lipinski definition) is 3. The van der Waals surface area contributed by atoms with Crippen LogP contribution in [0.25, 0.3) is 0 Å². The number of hydrogen-bond donors (Lipinski definition) is 1. The van der Waals surface area contributed by atoms with Gasteiger partial charge in [-0.2, -0.15) is 0 Å². The van der Waals surface area contributed by atoms with E-state index in [-0.39, 0.29) is 23.6 Å². The van der Waals surface area contributed by atoms with Gasteiger partial charge in [0.2, 0.25) is 0 Å². The molecule has 146 valence electrons. The Morgan fingerprint density at radius 1 is 1.07 bits per heavy atom. The van der Waals surface area contributed by atoms with Crippen molar-refractivity contribution in [1.82, 2.24) is 10.3 Å². The van der Waals surface area contributed by atoms with Crippen LogP contribution in [0.15, 0.2) is 72.9 Å². The van der Waals surface area contributed by atoms with Gasteiger partial charge >= 0.3 is 0 Å². The molecule has 1 aliphatic rings. The second-order valence-electron chi connectivity index (χ2n) is 7.28. The Labute approximate surface area is 170 Å². The Morgan fingerprint density at radius 3 is 2.66 bits per heavy atom. The summed E-state index contributed by atoms with van der Waals surface area (Å²) in [6, 6.07) is 21.2. The zero-order valence-electron chi connectivity index (χ0n) is 16.3. The van der Waals surface area contributed by atoms with Gasteiger partial charge in [-0.1, -0.05) is 48.5 Å². The molecule has 2 aromatic carbocycles. The molecule has 1 unspecified atom stereocenters. The summed E-state index contributed by atoms with van der Waals surface area (Å²) in [5.41, 5.74) is 3.97. The summed E-state index contributed by atoms with van der Waals surface area (Å²) in [5, 5.41) is 2.92. The molecule has 0 radical (unpaired) electrons. The number of carbonyl (C=O) groups is 2. The van der Waals surface area contributed by atoms with Gasteiger partial charge in [0.1, 0.15) is 5.69 Å². The molecule has 2 heterocycles. The molecule has 0 spiro atoms. The van der Waals surface area contributed by atoms with Gasteiger partial charge in [-0.05, 0) is 49.1 Å². The van der Waals surface area contributed by atoms with Crippen molar-refractivity contribution in [1.29, 1.82) is 0 Å². The number of para-hydroxylation sites is 1. The van der Waals surface area contributed by atoms with Gasteiger partial charge in [0.25, 0.3) is 11.8 Å². The number of amides is 2. The van der Waals surface area contributed by atoms with Crippen molar-refractivity contribution in [3.63, 3.8) is 0 Å². The van der Waals surface area contributed by atoms with E-state index in [1.54, 1.807) is 17.0 Å². The fourth-order valence-corrected chi connectivity index (χ4v) is 3.75. The summed E-state index contributed by atoms with van der Waals surface area (Å²) in [6.07, 6.45) is 3.10. The van der Waals surface area contributed by atoms with Crippen molar-refractivity contribution in [3.05, 3.63) is 95.3 Å². The van der Waals surface area contributed by atoms with E-state index in [2.05, 4.69) is 10.3 Å². The van der Waals surface area contributed by atoms with Gasteiger partial charge in [0.15, 0.2) is 0 Å². The first-order valence-corrected chi connectivity index (χ1v) is 9.83. The van der Waals surface area contributed by atoms with Crippen LogP contribution in [0.2, 0.25) is 0 Å². The van der Waals surface area contributed by atoms with Gasteiger partial charge in [0, 0.05) is 30.0 Å². The van der Waals surface area contributed by atoms with Crippen LogP contribution in [0.3, 0.4) is 0 Å². The third kappa shape index (κ3) is 4.04. The molecule has 1 aromatic heterocycles. The Hall–Kier alpha value is -3.47. The summed E-state index contributed by atoms with van der Waals surface area (Å²) < 4.78 is 0. The standard InChI is InChI=1S/C24H23N3O2/c1-17-15-19-9-5-6-10-22(19)27(17)24(29)21-16-20(12-14-25-21)23(28)26-13-11-18-7-3-2-4-8-18/h2-10,12,14,16-17H,11,13,15H2,1H3,(H,26,28). The number of carbonyl (C=O) groups excluding carboxylic acids is 2. The first-order chi connectivity index (χ1) is 14.1. The van der Waals surface area contributed by atoms with Crippen LogP contribution in [-0.2, 0) is 12.8 Å². The van der Waals surface area contributed by atoms with E-state index in [4.69, 9.17) is 0 Å². The average Bonchev–Trinajstić information content (AvgIpc) is 3.09. The second-order valence-corrected chi connectivity index (χ2v) is 7.28. The van der Waals surface area contributed by atoms with E-state index < -0.39 is 0 Å². The number of pyridine rings is 1. The first-order valence-electron chi connectivity index (χ1n) is 9.83. The minimum Gasteiger partial charge on any atom is -0.352 e. The minimum absolute atomic E-state index is 0.0602.